The first-order valence-corrected chi connectivity index (χ1v) is 7.41. The van der Waals surface area contributed by atoms with Crippen LogP contribution in [0.5, 0.6) is 0 Å². The van der Waals surface area contributed by atoms with E-state index in [4.69, 9.17) is 0 Å². The molecule has 1 aliphatic heterocycles. The zero-order valence-electron chi connectivity index (χ0n) is 12.2. The Morgan fingerprint density at radius 1 is 1.45 bits per heavy atom. The van der Waals surface area contributed by atoms with Crippen molar-refractivity contribution in [2.24, 2.45) is 0 Å². The van der Waals surface area contributed by atoms with Gasteiger partial charge in [-0.25, -0.2) is 14.8 Å². The number of hydrogen-bond donors (Lipinski definition) is 1. The van der Waals surface area contributed by atoms with Gasteiger partial charge in [0.15, 0.2) is 0 Å². The Kier molecular flexibility index (Phi) is 4.27. The van der Waals surface area contributed by atoms with E-state index in [-0.39, 0.29) is 17.6 Å². The van der Waals surface area contributed by atoms with Gasteiger partial charge < -0.3 is 9.88 Å². The van der Waals surface area contributed by atoms with Gasteiger partial charge in [0, 0.05) is 31.4 Å². The average molecular weight is 302 g/mol. The molecule has 116 valence electrons. The molecule has 1 amide bonds. The molecular weight excluding hydrogens is 284 g/mol. The largest absolute Gasteiger partial charge is 0.345 e. The minimum absolute atomic E-state index is 0.0467. The van der Waals surface area contributed by atoms with Crippen molar-refractivity contribution in [2.45, 2.75) is 38.3 Å². The molecule has 2 aromatic rings. The Hall–Kier alpha value is -2.51. The number of nitrogens with zero attached hydrogens (tertiary/aromatic N) is 5. The third-order valence-corrected chi connectivity index (χ3v) is 3.87. The molecule has 0 radical (unpaired) electrons. The topological polar surface area (TPSA) is 96.8 Å². The number of hydrogen-bond acceptors (Lipinski definition) is 5. The third kappa shape index (κ3) is 3.21. The van der Waals surface area contributed by atoms with Crippen LogP contribution in [-0.4, -0.2) is 42.1 Å². The van der Waals surface area contributed by atoms with Crippen LogP contribution in [-0.2, 0) is 11.3 Å². The van der Waals surface area contributed by atoms with E-state index < -0.39 is 0 Å². The molecule has 3 rings (SSSR count). The van der Waals surface area contributed by atoms with Crippen LogP contribution in [0.15, 0.2) is 29.7 Å². The smallest absolute Gasteiger partial charge is 0.334 e. The van der Waals surface area contributed by atoms with Gasteiger partial charge in [-0.2, -0.15) is 5.10 Å². The van der Waals surface area contributed by atoms with E-state index in [1.807, 2.05) is 4.90 Å². The van der Waals surface area contributed by atoms with Crippen LogP contribution in [0, 0.1) is 0 Å². The van der Waals surface area contributed by atoms with Gasteiger partial charge in [0.1, 0.15) is 12.7 Å². The summed E-state index contributed by atoms with van der Waals surface area (Å²) in [4.78, 5) is 35.8. The number of aryl methyl sites for hydroxylation is 1. The zero-order chi connectivity index (χ0) is 15.4. The van der Waals surface area contributed by atoms with Crippen molar-refractivity contribution in [1.82, 2.24) is 29.6 Å². The lowest BCUT2D eigenvalue weighted by molar-refractivity contribution is -0.132. The predicted octanol–water partition coefficient (Wildman–Crippen LogP) is 0.505. The van der Waals surface area contributed by atoms with E-state index in [0.29, 0.717) is 13.0 Å². The molecule has 1 N–H and O–H groups in total. The summed E-state index contributed by atoms with van der Waals surface area (Å²) in [6.45, 7) is 1.41. The molecule has 1 saturated heterocycles. The minimum Gasteiger partial charge on any atom is -0.334 e. The summed E-state index contributed by atoms with van der Waals surface area (Å²) >= 11 is 0. The van der Waals surface area contributed by atoms with Crippen LogP contribution in [0.3, 0.4) is 0 Å². The molecule has 3 heterocycles. The predicted molar refractivity (Wildman–Crippen MR) is 77.8 cm³/mol. The fourth-order valence-electron chi connectivity index (χ4n) is 2.85. The highest BCUT2D eigenvalue weighted by Crippen LogP contribution is 2.30. The number of likely N-dealkylation sites (tertiary alicyclic amines) is 1. The van der Waals surface area contributed by atoms with Crippen molar-refractivity contribution in [1.29, 1.82) is 0 Å². The molecule has 0 bridgehead atoms. The second-order valence-corrected chi connectivity index (χ2v) is 5.34. The number of H-pyrrole nitrogens is 1. The molecule has 1 atom stereocenters. The van der Waals surface area contributed by atoms with Gasteiger partial charge in [-0.3, -0.25) is 9.48 Å². The minimum atomic E-state index is -0.372. The Labute approximate surface area is 127 Å². The highest BCUT2D eigenvalue weighted by Gasteiger charge is 2.30. The molecule has 0 saturated carbocycles. The highest BCUT2D eigenvalue weighted by molar-refractivity contribution is 5.76. The van der Waals surface area contributed by atoms with E-state index in [2.05, 4.69) is 20.1 Å². The van der Waals surface area contributed by atoms with Crippen LogP contribution in [0.25, 0.3) is 0 Å². The van der Waals surface area contributed by atoms with Gasteiger partial charge in [-0.05, 0) is 25.3 Å². The van der Waals surface area contributed by atoms with Gasteiger partial charge >= 0.3 is 5.69 Å². The standard InChI is InChI=1S/C14H18N6O2/c21-13(4-2-7-19-10-15-9-17-19)20-8-1-3-12(20)11-5-6-16-14(22)18-11/h5-6,9-10,12H,1-4,7-8H2,(H,16,18,22)/t12-/m0/s1. The normalized spacial score (nSPS) is 17.8. The fourth-order valence-corrected chi connectivity index (χ4v) is 2.85. The molecular formula is C14H18N6O2. The summed E-state index contributed by atoms with van der Waals surface area (Å²) in [5.41, 5.74) is 0.394. The van der Waals surface area contributed by atoms with Crippen molar-refractivity contribution in [3.05, 3.63) is 41.1 Å². The molecule has 1 aliphatic rings. The maximum atomic E-state index is 12.4. The second-order valence-electron chi connectivity index (χ2n) is 5.34. The number of aromatic amines is 1. The first kappa shape index (κ1) is 14.4. The van der Waals surface area contributed by atoms with Gasteiger partial charge in [-0.1, -0.05) is 0 Å². The maximum Gasteiger partial charge on any atom is 0.345 e. The first-order chi connectivity index (χ1) is 10.7. The molecule has 0 unspecified atom stereocenters. The molecule has 22 heavy (non-hydrogen) atoms. The summed E-state index contributed by atoms with van der Waals surface area (Å²) in [5.74, 6) is 0.111. The van der Waals surface area contributed by atoms with Crippen LogP contribution < -0.4 is 5.69 Å². The monoisotopic (exact) mass is 302 g/mol. The fraction of sp³-hybridized carbons (Fsp3) is 0.500. The molecule has 0 aliphatic carbocycles. The Morgan fingerprint density at radius 3 is 3.14 bits per heavy atom. The maximum absolute atomic E-state index is 12.4. The Morgan fingerprint density at radius 2 is 2.36 bits per heavy atom. The average Bonchev–Trinajstić information content (AvgIpc) is 3.18. The van der Waals surface area contributed by atoms with E-state index in [0.717, 1.165) is 31.5 Å². The van der Waals surface area contributed by atoms with Crippen molar-refractivity contribution in [2.75, 3.05) is 6.54 Å². The second kappa shape index (κ2) is 6.50. The van der Waals surface area contributed by atoms with E-state index >= 15 is 0 Å². The number of amides is 1. The van der Waals surface area contributed by atoms with Crippen molar-refractivity contribution in [3.8, 4) is 0 Å². The summed E-state index contributed by atoms with van der Waals surface area (Å²) in [5, 5.41) is 4.02. The molecule has 8 nitrogen and oxygen atoms in total. The van der Waals surface area contributed by atoms with Crippen molar-refractivity contribution in [3.63, 3.8) is 0 Å². The molecule has 2 aromatic heterocycles. The summed E-state index contributed by atoms with van der Waals surface area (Å²) < 4.78 is 1.72. The SMILES string of the molecule is O=C(CCCn1cncn1)N1CCC[C@H]1c1ccnc(=O)[nH]1. The first-order valence-electron chi connectivity index (χ1n) is 7.41. The summed E-state index contributed by atoms with van der Waals surface area (Å²) in [6, 6.07) is 1.72. The van der Waals surface area contributed by atoms with Gasteiger partial charge in [0.2, 0.25) is 5.91 Å². The van der Waals surface area contributed by atoms with Crippen LogP contribution >= 0.6 is 0 Å². The number of aromatic nitrogens is 5. The molecule has 0 spiro atoms. The molecule has 1 fully saturated rings. The number of carbonyl (C=O) groups excluding carboxylic acids is 1. The Bertz CT molecular complexity index is 681. The lowest BCUT2D eigenvalue weighted by Gasteiger charge is -2.24. The van der Waals surface area contributed by atoms with E-state index in [1.54, 1.807) is 17.1 Å². The molecule has 8 heteroatoms. The van der Waals surface area contributed by atoms with Crippen molar-refractivity contribution < 1.29 is 4.79 Å². The van der Waals surface area contributed by atoms with Gasteiger partial charge in [-0.15, -0.1) is 0 Å². The van der Waals surface area contributed by atoms with Crippen LogP contribution in [0.4, 0.5) is 0 Å². The lowest BCUT2D eigenvalue weighted by Crippen LogP contribution is -2.32. The van der Waals surface area contributed by atoms with Crippen molar-refractivity contribution >= 4 is 5.91 Å². The van der Waals surface area contributed by atoms with Crippen LogP contribution in [0.1, 0.15) is 37.4 Å². The van der Waals surface area contributed by atoms with E-state index in [9.17, 15) is 9.59 Å². The summed E-state index contributed by atoms with van der Waals surface area (Å²) in [7, 11) is 0. The van der Waals surface area contributed by atoms with Gasteiger partial charge in [0.25, 0.3) is 0 Å². The number of carbonyl (C=O) groups is 1. The third-order valence-electron chi connectivity index (χ3n) is 3.87. The molecule has 0 aromatic carbocycles. The van der Waals surface area contributed by atoms with Crippen LogP contribution in [0.2, 0.25) is 0 Å². The van der Waals surface area contributed by atoms with Gasteiger partial charge in [0.05, 0.1) is 6.04 Å². The highest BCUT2D eigenvalue weighted by atomic mass is 16.2. The van der Waals surface area contributed by atoms with E-state index in [1.165, 1.54) is 12.5 Å². The quantitative estimate of drug-likeness (QED) is 0.867. The lowest BCUT2D eigenvalue weighted by atomic mass is 10.1. The number of rotatable bonds is 5. The zero-order valence-corrected chi connectivity index (χ0v) is 12.2. The summed E-state index contributed by atoms with van der Waals surface area (Å²) in [6.07, 6.45) is 7.62. The Balaban J connectivity index is 1.60. The number of nitrogens with one attached hydrogen (secondary N) is 1.